The molecule has 0 bridgehead atoms. The first-order chi connectivity index (χ1) is 52.2. The van der Waals surface area contributed by atoms with Crippen molar-refractivity contribution in [3.8, 4) is 22.8 Å². The number of furan rings is 2. The van der Waals surface area contributed by atoms with Crippen LogP contribution in [0.5, 0.6) is 11.5 Å². The van der Waals surface area contributed by atoms with E-state index < -0.39 is 23.9 Å². The van der Waals surface area contributed by atoms with E-state index in [0.717, 1.165) is 72.3 Å². The summed E-state index contributed by atoms with van der Waals surface area (Å²) in [6.45, 7) is 50.4. The second-order valence-electron chi connectivity index (χ2n) is 18.2. The van der Waals surface area contributed by atoms with Crippen LogP contribution in [0.1, 0.15) is 247 Å². The Labute approximate surface area is 640 Å². The van der Waals surface area contributed by atoms with Gasteiger partial charge in [0.1, 0.15) is 40.7 Å². The predicted octanol–water partition coefficient (Wildman–Crippen LogP) is 23.7. The topological polar surface area (TPSA) is 358 Å². The Kier molecular flexibility index (Phi) is 61.1. The van der Waals surface area contributed by atoms with Gasteiger partial charge in [0, 0.05) is 38.8 Å². The van der Waals surface area contributed by atoms with E-state index in [1.807, 2.05) is 270 Å². The first-order valence-electron chi connectivity index (χ1n) is 37.3. The summed E-state index contributed by atoms with van der Waals surface area (Å²) in [5, 5.41) is 50.3. The number of Topliss-reactive ketones (excluding diaryl/α,β-unsaturated/α-hetero) is 1. The van der Waals surface area contributed by atoms with Crippen molar-refractivity contribution in [3.63, 3.8) is 0 Å². The van der Waals surface area contributed by atoms with E-state index in [1.54, 1.807) is 72.8 Å². The molecule has 0 fully saturated rings. The molecule has 0 spiro atoms. The summed E-state index contributed by atoms with van der Waals surface area (Å²) in [6.07, 6.45) is 0. The van der Waals surface area contributed by atoms with E-state index >= 15 is 0 Å². The van der Waals surface area contributed by atoms with Crippen molar-refractivity contribution >= 4 is 97.2 Å². The molecular weight excluding hydrogens is 1370 g/mol. The van der Waals surface area contributed by atoms with Crippen LogP contribution >= 0.6 is 0 Å². The molecule has 12 N–H and O–H groups in total. The fourth-order valence-electron chi connectivity index (χ4n) is 9.68. The average Bonchev–Trinajstić information content (AvgIpc) is 1.58. The van der Waals surface area contributed by atoms with Gasteiger partial charge in [0.25, 0.3) is 6.47 Å². The summed E-state index contributed by atoms with van der Waals surface area (Å²) in [6, 6.07) is 54.1. The molecule has 0 saturated carbocycles. The maximum atomic E-state index is 11.4. The Bertz CT molecular complexity index is 4320. The Morgan fingerprint density at radius 2 is 0.806 bits per heavy atom. The first kappa shape index (κ1) is 105. The Morgan fingerprint density at radius 1 is 0.435 bits per heavy atom. The summed E-state index contributed by atoms with van der Waals surface area (Å²) in [5.41, 5.74) is 16.0. The maximum absolute atomic E-state index is 11.4. The number of nitrogens with one attached hydrogen (secondary N) is 3. The van der Waals surface area contributed by atoms with Gasteiger partial charge in [-0.2, -0.15) is 5.10 Å². The van der Waals surface area contributed by atoms with Crippen molar-refractivity contribution in [2.45, 2.75) is 179 Å². The van der Waals surface area contributed by atoms with Crippen LogP contribution in [-0.2, 0) is 4.79 Å². The second kappa shape index (κ2) is 62.8. The lowest BCUT2D eigenvalue weighted by atomic mass is 9.93. The van der Waals surface area contributed by atoms with E-state index in [2.05, 4.69) is 20.9 Å². The number of benzene rings is 8. The molecule has 3 aromatic heterocycles. The highest BCUT2D eigenvalue weighted by Gasteiger charge is 2.34. The molecule has 3 aliphatic rings. The van der Waals surface area contributed by atoms with Gasteiger partial charge in [-0.1, -0.05) is 270 Å². The van der Waals surface area contributed by atoms with Gasteiger partial charge in [0.15, 0.2) is 12.2 Å². The number of aromatic amines is 1. The number of aromatic nitrogens is 1. The summed E-state index contributed by atoms with van der Waals surface area (Å²) < 4.78 is 22.3. The lowest BCUT2D eigenvalue weighted by Gasteiger charge is -2.09. The minimum absolute atomic E-state index is 0. The number of nitrogen functional groups attached to an aromatic ring is 1. The van der Waals surface area contributed by atoms with Crippen LogP contribution in [0, 0.1) is 0 Å². The number of hydrogen-bond acceptors (Lipinski definition) is 14. The number of carbonyl (C=O) groups is 6. The number of hydrogen-bond donors (Lipinski definition) is 9. The van der Waals surface area contributed by atoms with Crippen molar-refractivity contribution in [1.29, 1.82) is 0 Å². The molecule has 11 aromatic rings. The molecule has 592 valence electrons. The monoisotopic (exact) mass is 1490 g/mol. The van der Waals surface area contributed by atoms with Crippen LogP contribution < -0.4 is 26.2 Å². The average molecular weight is 1490 g/mol. The van der Waals surface area contributed by atoms with Gasteiger partial charge in [-0.05, 0) is 90.5 Å². The first-order valence-corrected chi connectivity index (χ1v) is 37.3. The molecule has 108 heavy (non-hydrogen) atoms. The van der Waals surface area contributed by atoms with Crippen LogP contribution in [0.15, 0.2) is 196 Å². The van der Waals surface area contributed by atoms with Crippen LogP contribution in [0.4, 0.5) is 11.4 Å². The molecule has 21 nitrogen and oxygen atoms in total. The largest absolute Gasteiger partial charge is 0.487 e. The molecule has 1 aliphatic carbocycles. The molecule has 0 amide bonds. The molecule has 1 atom stereocenters. The summed E-state index contributed by atoms with van der Waals surface area (Å²) in [7, 11) is 0. The Hall–Kier alpha value is -11.6. The lowest BCUT2D eigenvalue weighted by molar-refractivity contribution is -0.122. The van der Waals surface area contributed by atoms with Crippen molar-refractivity contribution in [2.24, 2.45) is 10.9 Å². The highest BCUT2D eigenvalue weighted by Crippen LogP contribution is 2.50. The number of nitrogens with zero attached hydrogens (tertiary/aromatic N) is 1. The van der Waals surface area contributed by atoms with Crippen molar-refractivity contribution in [1.82, 2.24) is 4.98 Å². The molecule has 14 rings (SSSR count). The molecule has 21 heteroatoms. The number of ketones is 1. The van der Waals surface area contributed by atoms with Gasteiger partial charge in [-0.15, -0.1) is 0 Å². The third-order valence-corrected chi connectivity index (χ3v) is 13.4. The number of nitrogens with two attached hydrogens (primary N) is 1. The summed E-state index contributed by atoms with van der Waals surface area (Å²) in [5.74, 6) is 3.71. The highest BCUT2D eigenvalue weighted by molar-refractivity contribution is 6.18. The minimum Gasteiger partial charge on any atom is -0.487 e. The normalized spacial score (nSPS) is 10.8. The SMILES string of the molecule is CC.CC.CC.CC.CC.CC.CC.CC.CC.CC.CC.CC.CC1c2c(C(=O)O)cccc2-c2oc3ccccc3c21.NNc1ccccc1C(=O)O.O.O=C(O)c1cccc2c1[nH]c1c3ccccc3oc21.O=C(O)c1ccccc1N/N=C1\COc2ccccc21.O=C1COc2ccccc21.O=CO. The van der Waals surface area contributed by atoms with Crippen LogP contribution in [0.3, 0.4) is 0 Å². The molecule has 5 heterocycles. The Balaban J connectivity index is -0.000000383. The van der Waals surface area contributed by atoms with E-state index in [4.69, 9.17) is 44.3 Å². The van der Waals surface area contributed by atoms with Gasteiger partial charge >= 0.3 is 23.9 Å². The molecular formula is C87H123N5O16. The molecule has 0 radical (unpaired) electrons. The predicted molar refractivity (Wildman–Crippen MR) is 450 cm³/mol. The quantitative estimate of drug-likeness (QED) is 0.0406. The summed E-state index contributed by atoms with van der Waals surface area (Å²) in [4.78, 5) is 66.7. The fraction of sp³-hybridized carbons (Fsp3) is 0.322. The molecule has 2 aliphatic heterocycles. The smallest absolute Gasteiger partial charge is 0.337 e. The minimum atomic E-state index is -0.989. The van der Waals surface area contributed by atoms with Gasteiger partial charge in [0.05, 0.1) is 50.2 Å². The Morgan fingerprint density at radius 3 is 1.30 bits per heavy atom. The van der Waals surface area contributed by atoms with Crippen LogP contribution in [-0.4, -0.2) is 91.1 Å². The van der Waals surface area contributed by atoms with Crippen LogP contribution in [0.25, 0.3) is 55.3 Å². The van der Waals surface area contributed by atoms with Crippen LogP contribution in [0.2, 0.25) is 0 Å². The number of rotatable bonds is 7. The van der Waals surface area contributed by atoms with Gasteiger partial charge < -0.3 is 59.7 Å². The van der Waals surface area contributed by atoms with E-state index in [-0.39, 0.29) is 46.9 Å². The number of hydrazine groups is 1. The zero-order chi connectivity index (χ0) is 82.7. The molecule has 0 saturated heterocycles. The zero-order valence-electron chi connectivity index (χ0n) is 68.2. The van der Waals surface area contributed by atoms with Crippen molar-refractivity contribution in [2.75, 3.05) is 24.1 Å². The number of hydrazone groups is 1. The van der Waals surface area contributed by atoms with E-state index in [9.17, 15) is 34.2 Å². The number of fused-ring (bicyclic) bond motifs is 12. The van der Waals surface area contributed by atoms with E-state index in [0.29, 0.717) is 46.0 Å². The number of para-hydroxylation sites is 7. The number of anilines is 2. The number of carbonyl (C=O) groups excluding carboxylic acids is 1. The zero-order valence-corrected chi connectivity index (χ0v) is 68.2. The third-order valence-electron chi connectivity index (χ3n) is 13.4. The molecule has 1 unspecified atom stereocenters. The highest BCUT2D eigenvalue weighted by atomic mass is 16.5. The number of ether oxygens (including phenoxy) is 2. The number of H-pyrrole nitrogens is 1. The lowest BCUT2D eigenvalue weighted by Crippen LogP contribution is -2.11. The van der Waals surface area contributed by atoms with Gasteiger partial charge in [-0.3, -0.25) is 20.9 Å². The number of carboxylic acids is 4. The second-order valence-corrected chi connectivity index (χ2v) is 18.2. The van der Waals surface area contributed by atoms with Crippen molar-refractivity contribution in [3.05, 3.63) is 226 Å². The molecule has 8 aromatic carbocycles. The van der Waals surface area contributed by atoms with E-state index in [1.165, 1.54) is 12.1 Å². The maximum Gasteiger partial charge on any atom is 0.337 e. The summed E-state index contributed by atoms with van der Waals surface area (Å²) >= 11 is 0. The van der Waals surface area contributed by atoms with Crippen molar-refractivity contribution < 1.29 is 78.1 Å². The van der Waals surface area contributed by atoms with Gasteiger partial charge in [-0.25, -0.2) is 19.2 Å². The number of carboxylic acid groups (broad SMARTS) is 5. The van der Waals surface area contributed by atoms with Gasteiger partial charge in [0.2, 0.25) is 5.78 Å². The fourth-order valence-corrected chi connectivity index (χ4v) is 9.68. The standard InChI is InChI=1S/C17H12O3.C15H12N2O3.C15H9NO3.C8H6O2.C7H8N2O2.12C2H6.CH2O2.H2O/c1-9-14-11(6-4-7-12(14)17(18)19)16-15(9)10-5-2-3-8-13(10)20-16;18-15(19)11-6-1-3-7-12(11)16-17-13-9-20-14-8-4-2-5-10(13)14;17-15(18)10-6-3-5-9-12(10)16-13-8-4-1-2-7-11(8)19-14(9)13;9-7-5-10-8-4-2-1-3-6(7)8;8-9-6-4-2-1-3-5(6)7(10)11;12*1-2;2-1-3;/h2-9H,1H3,(H,18,19);1-8,16H,9H2,(H,18,19);1-7,16H,(H,17,18);1-4H,5H2;1-4,9H,8H2,(H,10,11);12*1-2H3;1H,(H,2,3);1H2/b;17-13+;;;;;;;;;;;;;;;;;. The third kappa shape index (κ3) is 29.4. The number of aromatic carboxylic acids is 4.